The normalized spacial score (nSPS) is 26.8. The Labute approximate surface area is 128 Å². The van der Waals surface area contributed by atoms with Gasteiger partial charge in [-0.1, -0.05) is 13.3 Å². The molecule has 1 aliphatic carbocycles. The van der Waals surface area contributed by atoms with Crippen LogP contribution in [0.25, 0.3) is 0 Å². The second kappa shape index (κ2) is 8.93. The van der Waals surface area contributed by atoms with Crippen LogP contribution in [0.15, 0.2) is 0 Å². The van der Waals surface area contributed by atoms with Crippen molar-refractivity contribution in [1.82, 2.24) is 5.32 Å². The van der Waals surface area contributed by atoms with Crippen molar-refractivity contribution in [2.75, 3.05) is 12.4 Å². The second-order valence-electron chi connectivity index (χ2n) is 6.04. The smallest absolute Gasteiger partial charge is 0.326 e. The summed E-state index contributed by atoms with van der Waals surface area (Å²) < 4.78 is 5.35. The molecule has 0 heterocycles. The zero-order valence-corrected chi connectivity index (χ0v) is 14.4. The van der Waals surface area contributed by atoms with Gasteiger partial charge in [-0.3, -0.25) is 10.1 Å². The van der Waals surface area contributed by atoms with Gasteiger partial charge in [0.25, 0.3) is 0 Å². The molecule has 3 nitrogen and oxygen atoms in total. The van der Waals surface area contributed by atoms with E-state index in [0.717, 1.165) is 19.3 Å². The first kappa shape index (κ1) is 17.8. The van der Waals surface area contributed by atoms with Gasteiger partial charge in [-0.05, 0) is 58.6 Å². The molecule has 1 fully saturated rings. The predicted octanol–water partition coefficient (Wildman–Crippen LogP) is 3.76. The molecule has 1 N–H and O–H groups in total. The Hall–Kier alpha value is -0.220. The van der Waals surface area contributed by atoms with Crippen molar-refractivity contribution in [3.63, 3.8) is 0 Å². The molecule has 1 saturated carbocycles. The van der Waals surface area contributed by atoms with Gasteiger partial charge >= 0.3 is 5.97 Å². The van der Waals surface area contributed by atoms with Crippen LogP contribution in [0, 0.1) is 0 Å². The number of hydrogen-bond acceptors (Lipinski definition) is 4. The molecular weight excluding hydrogens is 270 g/mol. The van der Waals surface area contributed by atoms with E-state index in [4.69, 9.17) is 4.74 Å². The molecule has 0 aromatic rings. The highest BCUT2D eigenvalue weighted by Gasteiger charge is 2.44. The highest BCUT2D eigenvalue weighted by molar-refractivity contribution is 7.99. The summed E-state index contributed by atoms with van der Waals surface area (Å²) in [4.78, 5) is 12.4. The van der Waals surface area contributed by atoms with E-state index in [2.05, 4.69) is 26.1 Å². The number of carbonyl (C=O) groups is 1. The molecule has 0 saturated heterocycles. The first-order chi connectivity index (χ1) is 9.54. The molecule has 1 aliphatic rings. The highest BCUT2D eigenvalue weighted by Crippen LogP contribution is 2.36. The molecule has 4 heteroatoms. The maximum atomic E-state index is 12.4. The molecule has 0 aromatic carbocycles. The van der Waals surface area contributed by atoms with Gasteiger partial charge < -0.3 is 4.74 Å². The summed E-state index contributed by atoms with van der Waals surface area (Å²) in [7, 11) is 0. The first-order valence-corrected chi connectivity index (χ1v) is 9.15. The van der Waals surface area contributed by atoms with Crippen molar-refractivity contribution in [3.8, 4) is 0 Å². The Morgan fingerprint density at radius 2 is 2.20 bits per heavy atom. The predicted molar refractivity (Wildman–Crippen MR) is 87.3 cm³/mol. The van der Waals surface area contributed by atoms with Crippen LogP contribution < -0.4 is 5.32 Å². The van der Waals surface area contributed by atoms with Gasteiger partial charge in [0.1, 0.15) is 5.54 Å². The van der Waals surface area contributed by atoms with E-state index in [1.165, 1.54) is 25.0 Å². The molecule has 1 rings (SSSR count). The van der Waals surface area contributed by atoms with Gasteiger partial charge in [-0.15, -0.1) is 0 Å². The lowest BCUT2D eigenvalue weighted by Crippen LogP contribution is -2.58. The zero-order chi connectivity index (χ0) is 15.0. The third kappa shape index (κ3) is 5.28. The van der Waals surface area contributed by atoms with Gasteiger partial charge in [0.15, 0.2) is 0 Å². The summed E-state index contributed by atoms with van der Waals surface area (Å²) in [5.74, 6) is 1.16. The van der Waals surface area contributed by atoms with Gasteiger partial charge in [-0.2, -0.15) is 11.8 Å². The minimum Gasteiger partial charge on any atom is -0.465 e. The lowest BCUT2D eigenvalue weighted by Gasteiger charge is -2.40. The largest absolute Gasteiger partial charge is 0.465 e. The number of thioether (sulfide) groups is 1. The van der Waals surface area contributed by atoms with Crippen molar-refractivity contribution >= 4 is 17.7 Å². The van der Waals surface area contributed by atoms with E-state index < -0.39 is 5.54 Å². The minimum atomic E-state index is -0.452. The Morgan fingerprint density at radius 3 is 2.80 bits per heavy atom. The maximum absolute atomic E-state index is 12.4. The lowest BCUT2D eigenvalue weighted by atomic mass is 9.80. The van der Waals surface area contributed by atoms with E-state index in [1.54, 1.807) is 0 Å². The Bertz CT molecular complexity index is 296. The molecule has 118 valence electrons. The monoisotopic (exact) mass is 301 g/mol. The van der Waals surface area contributed by atoms with E-state index in [0.29, 0.717) is 17.9 Å². The van der Waals surface area contributed by atoms with Crippen LogP contribution in [0.4, 0.5) is 0 Å². The Kier molecular flexibility index (Phi) is 7.96. The molecule has 0 bridgehead atoms. The molecule has 0 spiro atoms. The van der Waals surface area contributed by atoms with Crippen LogP contribution in [0.2, 0.25) is 0 Å². The quantitative estimate of drug-likeness (QED) is 0.547. The van der Waals surface area contributed by atoms with Crippen LogP contribution in [0.5, 0.6) is 0 Å². The van der Waals surface area contributed by atoms with Crippen molar-refractivity contribution in [3.05, 3.63) is 0 Å². The molecule has 2 atom stereocenters. The Balaban J connectivity index is 2.68. The molecule has 2 unspecified atom stereocenters. The van der Waals surface area contributed by atoms with Crippen LogP contribution in [-0.2, 0) is 9.53 Å². The number of hydrogen-bond donors (Lipinski definition) is 1. The first-order valence-electron chi connectivity index (χ1n) is 8.10. The summed E-state index contributed by atoms with van der Waals surface area (Å²) >= 11 is 2.04. The van der Waals surface area contributed by atoms with E-state index in [-0.39, 0.29) is 5.97 Å². The van der Waals surface area contributed by atoms with Crippen molar-refractivity contribution in [2.45, 2.75) is 83.1 Å². The fourth-order valence-corrected chi connectivity index (χ4v) is 4.48. The molecule has 0 amide bonds. The fraction of sp³-hybridized carbons (Fsp3) is 0.938. The lowest BCUT2D eigenvalue weighted by molar-refractivity contribution is -0.153. The summed E-state index contributed by atoms with van der Waals surface area (Å²) in [5, 5.41) is 4.10. The number of nitrogens with one attached hydrogen (secondary N) is 1. The molecule has 0 aromatic heterocycles. The van der Waals surface area contributed by atoms with Crippen LogP contribution >= 0.6 is 11.8 Å². The molecule has 0 aliphatic heterocycles. The van der Waals surface area contributed by atoms with E-state index in [1.807, 2.05) is 18.7 Å². The van der Waals surface area contributed by atoms with Crippen molar-refractivity contribution in [2.24, 2.45) is 0 Å². The van der Waals surface area contributed by atoms with E-state index >= 15 is 0 Å². The molecular formula is C16H31NO2S. The van der Waals surface area contributed by atoms with Crippen molar-refractivity contribution < 1.29 is 9.53 Å². The van der Waals surface area contributed by atoms with Crippen LogP contribution in [0.3, 0.4) is 0 Å². The average Bonchev–Trinajstić information content (AvgIpc) is 2.39. The third-order valence-electron chi connectivity index (χ3n) is 3.79. The number of rotatable bonds is 8. The third-order valence-corrected chi connectivity index (χ3v) is 5.19. The highest BCUT2D eigenvalue weighted by atomic mass is 32.2. The maximum Gasteiger partial charge on any atom is 0.326 e. The number of carbonyl (C=O) groups excluding carboxylic acids is 1. The minimum absolute atomic E-state index is 0.0468. The summed E-state index contributed by atoms with van der Waals surface area (Å²) in [6, 6.07) is 0.304. The average molecular weight is 301 g/mol. The topological polar surface area (TPSA) is 38.3 Å². The Morgan fingerprint density at radius 1 is 1.45 bits per heavy atom. The van der Waals surface area contributed by atoms with Crippen LogP contribution in [-0.4, -0.2) is 35.2 Å². The fourth-order valence-electron chi connectivity index (χ4n) is 2.96. The zero-order valence-electron chi connectivity index (χ0n) is 13.5. The van der Waals surface area contributed by atoms with E-state index in [9.17, 15) is 4.79 Å². The van der Waals surface area contributed by atoms with Gasteiger partial charge in [0, 0.05) is 11.3 Å². The second-order valence-corrected chi connectivity index (χ2v) is 7.45. The molecule has 20 heavy (non-hydrogen) atoms. The number of ether oxygens (including phenoxy) is 1. The standard InChI is InChI=1S/C16H31NO2S/c1-5-7-11-20-14-9-8-10-16(12-14,17-13(3)4)15(18)19-6-2/h13-14,17H,5-12H2,1-4H3. The molecule has 0 radical (unpaired) electrons. The number of esters is 1. The summed E-state index contributed by atoms with van der Waals surface area (Å²) in [6.07, 6.45) is 6.68. The van der Waals surface area contributed by atoms with Crippen LogP contribution in [0.1, 0.15) is 66.2 Å². The van der Waals surface area contributed by atoms with Gasteiger partial charge in [0.05, 0.1) is 6.61 Å². The van der Waals surface area contributed by atoms with Crippen molar-refractivity contribution in [1.29, 1.82) is 0 Å². The number of unbranched alkanes of at least 4 members (excludes halogenated alkanes) is 1. The summed E-state index contributed by atoms with van der Waals surface area (Å²) in [6.45, 7) is 8.79. The summed E-state index contributed by atoms with van der Waals surface area (Å²) in [5.41, 5.74) is -0.452. The van der Waals surface area contributed by atoms with Gasteiger partial charge in [-0.25, -0.2) is 0 Å². The van der Waals surface area contributed by atoms with Gasteiger partial charge in [0.2, 0.25) is 0 Å². The SMILES string of the molecule is CCCCSC1CCCC(NC(C)C)(C(=O)OCC)C1.